The van der Waals surface area contributed by atoms with E-state index in [1.807, 2.05) is 24.3 Å². The quantitative estimate of drug-likeness (QED) is 0.894. The van der Waals surface area contributed by atoms with E-state index in [0.29, 0.717) is 0 Å². The number of hydrogen-bond donors (Lipinski definition) is 1. The van der Waals surface area contributed by atoms with Crippen LogP contribution >= 0.6 is 15.9 Å². The Balaban J connectivity index is 2.14. The second-order valence-electron chi connectivity index (χ2n) is 3.84. The maximum Gasteiger partial charge on any atom is 0.128 e. The second-order valence-corrected chi connectivity index (χ2v) is 4.76. The molecule has 1 heterocycles. The van der Waals surface area contributed by atoms with Gasteiger partial charge in [-0.2, -0.15) is 0 Å². The normalized spacial score (nSPS) is 12.4. The van der Waals surface area contributed by atoms with Gasteiger partial charge in [-0.25, -0.2) is 0 Å². The zero-order valence-electron chi connectivity index (χ0n) is 9.33. The predicted octanol–water partition coefficient (Wildman–Crippen LogP) is 4.52. The van der Waals surface area contributed by atoms with Crippen molar-refractivity contribution < 1.29 is 4.42 Å². The zero-order chi connectivity index (χ0) is 11.5. The molecular weight excluding hydrogens is 266 g/mol. The molecule has 0 aliphatic rings. The summed E-state index contributed by atoms with van der Waals surface area (Å²) >= 11 is 3.45. The van der Waals surface area contributed by atoms with Crippen LogP contribution < -0.4 is 5.32 Å². The molecule has 0 saturated carbocycles. The molecule has 0 fully saturated rings. The first-order valence-corrected chi connectivity index (χ1v) is 6.02. The van der Waals surface area contributed by atoms with Crippen LogP contribution in [0.2, 0.25) is 0 Å². The van der Waals surface area contributed by atoms with Gasteiger partial charge in [-0.3, -0.25) is 0 Å². The number of benzene rings is 1. The Bertz CT molecular complexity index is 478. The molecule has 3 heteroatoms. The number of nitrogens with one attached hydrogen (secondary N) is 1. The Labute approximate surface area is 104 Å². The number of anilines is 1. The Morgan fingerprint density at radius 3 is 2.75 bits per heavy atom. The zero-order valence-corrected chi connectivity index (χ0v) is 10.9. The van der Waals surface area contributed by atoms with Gasteiger partial charge >= 0.3 is 0 Å². The SMILES string of the molecule is Cc1ccoc1C(C)Nc1cccc(Br)c1. The minimum absolute atomic E-state index is 0.171. The molecule has 0 spiro atoms. The van der Waals surface area contributed by atoms with Crippen molar-refractivity contribution >= 4 is 21.6 Å². The Hall–Kier alpha value is -1.22. The van der Waals surface area contributed by atoms with E-state index in [9.17, 15) is 0 Å². The van der Waals surface area contributed by atoms with Crippen LogP contribution in [-0.4, -0.2) is 0 Å². The van der Waals surface area contributed by atoms with Crippen molar-refractivity contribution in [2.75, 3.05) is 5.32 Å². The van der Waals surface area contributed by atoms with Crippen LogP contribution in [0.15, 0.2) is 45.5 Å². The summed E-state index contributed by atoms with van der Waals surface area (Å²) in [5, 5.41) is 3.40. The average molecular weight is 280 g/mol. The number of furan rings is 1. The van der Waals surface area contributed by atoms with Crippen molar-refractivity contribution in [1.82, 2.24) is 0 Å². The van der Waals surface area contributed by atoms with Gasteiger partial charge in [0.1, 0.15) is 5.76 Å². The monoisotopic (exact) mass is 279 g/mol. The molecule has 84 valence electrons. The van der Waals surface area contributed by atoms with Crippen molar-refractivity contribution in [3.05, 3.63) is 52.4 Å². The van der Waals surface area contributed by atoms with Gasteiger partial charge in [0.25, 0.3) is 0 Å². The van der Waals surface area contributed by atoms with Crippen molar-refractivity contribution in [1.29, 1.82) is 0 Å². The number of aryl methyl sites for hydroxylation is 1. The number of halogens is 1. The van der Waals surface area contributed by atoms with Crippen molar-refractivity contribution in [2.24, 2.45) is 0 Å². The van der Waals surface area contributed by atoms with Crippen LogP contribution in [0.5, 0.6) is 0 Å². The highest BCUT2D eigenvalue weighted by atomic mass is 79.9. The fourth-order valence-electron chi connectivity index (χ4n) is 1.72. The first-order chi connectivity index (χ1) is 7.66. The summed E-state index contributed by atoms with van der Waals surface area (Å²) in [6.07, 6.45) is 1.73. The molecule has 0 saturated heterocycles. The first-order valence-electron chi connectivity index (χ1n) is 5.23. The molecule has 1 aromatic heterocycles. The van der Waals surface area contributed by atoms with Crippen LogP contribution in [-0.2, 0) is 0 Å². The van der Waals surface area contributed by atoms with Crippen molar-refractivity contribution in [3.8, 4) is 0 Å². The lowest BCUT2D eigenvalue weighted by molar-refractivity contribution is 0.487. The van der Waals surface area contributed by atoms with E-state index in [1.165, 1.54) is 5.56 Å². The fourth-order valence-corrected chi connectivity index (χ4v) is 2.12. The van der Waals surface area contributed by atoms with Crippen LogP contribution in [0.25, 0.3) is 0 Å². The van der Waals surface area contributed by atoms with Crippen LogP contribution in [0.1, 0.15) is 24.3 Å². The molecule has 0 radical (unpaired) electrons. The maximum atomic E-state index is 5.45. The molecule has 0 amide bonds. The standard InChI is InChI=1S/C13H14BrNO/c1-9-6-7-16-13(9)10(2)15-12-5-3-4-11(14)8-12/h3-8,10,15H,1-2H3. The largest absolute Gasteiger partial charge is 0.467 e. The molecule has 0 bridgehead atoms. The molecule has 0 aliphatic carbocycles. The smallest absolute Gasteiger partial charge is 0.128 e. The van der Waals surface area contributed by atoms with Gasteiger partial charge in [-0.05, 0) is 43.7 Å². The lowest BCUT2D eigenvalue weighted by Crippen LogP contribution is -2.06. The molecule has 2 nitrogen and oxygen atoms in total. The van der Waals surface area contributed by atoms with Gasteiger partial charge in [-0.1, -0.05) is 22.0 Å². The van der Waals surface area contributed by atoms with E-state index in [-0.39, 0.29) is 6.04 Å². The molecule has 2 rings (SSSR count). The summed E-state index contributed by atoms with van der Waals surface area (Å²) in [7, 11) is 0. The highest BCUT2D eigenvalue weighted by molar-refractivity contribution is 9.10. The molecule has 1 atom stereocenters. The first kappa shape index (κ1) is 11.3. The van der Waals surface area contributed by atoms with Crippen LogP contribution in [0.3, 0.4) is 0 Å². The third kappa shape index (κ3) is 2.47. The lowest BCUT2D eigenvalue weighted by atomic mass is 10.1. The highest BCUT2D eigenvalue weighted by Crippen LogP contribution is 2.24. The molecule has 1 aromatic carbocycles. The lowest BCUT2D eigenvalue weighted by Gasteiger charge is -2.14. The minimum Gasteiger partial charge on any atom is -0.467 e. The van der Waals surface area contributed by atoms with Gasteiger partial charge in [0.05, 0.1) is 12.3 Å². The molecule has 0 aliphatic heterocycles. The van der Waals surface area contributed by atoms with Crippen molar-refractivity contribution in [2.45, 2.75) is 19.9 Å². The summed E-state index contributed by atoms with van der Waals surface area (Å²) in [6.45, 7) is 4.14. The fraction of sp³-hybridized carbons (Fsp3) is 0.231. The van der Waals surface area contributed by atoms with Crippen molar-refractivity contribution in [3.63, 3.8) is 0 Å². The molecular formula is C13H14BrNO. The average Bonchev–Trinajstić information content (AvgIpc) is 2.64. The van der Waals surface area contributed by atoms with E-state index >= 15 is 0 Å². The third-order valence-electron chi connectivity index (χ3n) is 2.50. The van der Waals surface area contributed by atoms with Gasteiger partial charge in [0.2, 0.25) is 0 Å². The topological polar surface area (TPSA) is 25.2 Å². The predicted molar refractivity (Wildman–Crippen MR) is 69.6 cm³/mol. The summed E-state index contributed by atoms with van der Waals surface area (Å²) in [5.74, 6) is 0.986. The van der Waals surface area contributed by atoms with Crippen LogP contribution in [0, 0.1) is 6.92 Å². The molecule has 1 unspecified atom stereocenters. The molecule has 2 aromatic rings. The third-order valence-corrected chi connectivity index (χ3v) is 3.00. The molecule has 1 N–H and O–H groups in total. The Morgan fingerprint density at radius 1 is 1.31 bits per heavy atom. The molecule has 16 heavy (non-hydrogen) atoms. The Kier molecular flexibility index (Phi) is 3.34. The second kappa shape index (κ2) is 4.74. The summed E-state index contributed by atoms with van der Waals surface area (Å²) in [4.78, 5) is 0. The Morgan fingerprint density at radius 2 is 2.12 bits per heavy atom. The summed E-state index contributed by atoms with van der Waals surface area (Å²) in [5.41, 5.74) is 2.26. The van der Waals surface area contributed by atoms with E-state index in [2.05, 4.69) is 41.2 Å². The van der Waals surface area contributed by atoms with Gasteiger partial charge in [-0.15, -0.1) is 0 Å². The van der Waals surface area contributed by atoms with E-state index < -0.39 is 0 Å². The van der Waals surface area contributed by atoms with Gasteiger partial charge in [0.15, 0.2) is 0 Å². The van der Waals surface area contributed by atoms with Gasteiger partial charge < -0.3 is 9.73 Å². The van der Waals surface area contributed by atoms with E-state index in [0.717, 1.165) is 15.9 Å². The van der Waals surface area contributed by atoms with Gasteiger partial charge in [0, 0.05) is 10.2 Å². The summed E-state index contributed by atoms with van der Waals surface area (Å²) in [6, 6.07) is 10.3. The van der Waals surface area contributed by atoms with E-state index in [4.69, 9.17) is 4.42 Å². The van der Waals surface area contributed by atoms with E-state index in [1.54, 1.807) is 6.26 Å². The minimum atomic E-state index is 0.171. The number of hydrogen-bond acceptors (Lipinski definition) is 2. The maximum absolute atomic E-state index is 5.45. The number of rotatable bonds is 3. The van der Waals surface area contributed by atoms with Crippen LogP contribution in [0.4, 0.5) is 5.69 Å². The highest BCUT2D eigenvalue weighted by Gasteiger charge is 2.11. The summed E-state index contributed by atoms with van der Waals surface area (Å²) < 4.78 is 6.52.